The molecule has 2 atom stereocenters. The minimum absolute atomic E-state index is 0.0984. The molecule has 2 aromatic carbocycles. The van der Waals surface area contributed by atoms with E-state index in [2.05, 4.69) is 0 Å². The van der Waals surface area contributed by atoms with Crippen molar-refractivity contribution in [1.82, 2.24) is 0 Å². The van der Waals surface area contributed by atoms with Crippen molar-refractivity contribution in [3.63, 3.8) is 0 Å². The van der Waals surface area contributed by atoms with Gasteiger partial charge in [-0.1, -0.05) is 130 Å². The van der Waals surface area contributed by atoms with Gasteiger partial charge in [-0.25, -0.2) is 8.42 Å². The van der Waals surface area contributed by atoms with Crippen LogP contribution in [-0.4, -0.2) is 14.7 Å². The summed E-state index contributed by atoms with van der Waals surface area (Å²) in [5.74, 6) is 0. The Morgan fingerprint density at radius 1 is 0.594 bits per heavy atom. The maximum absolute atomic E-state index is 13.3. The molecule has 10 heteroatoms. The van der Waals surface area contributed by atoms with Crippen LogP contribution in [0.5, 0.6) is 0 Å². The summed E-state index contributed by atoms with van der Waals surface area (Å²) < 4.78 is 22.2. The maximum atomic E-state index is 13.3. The van der Waals surface area contributed by atoms with Crippen LogP contribution in [0, 0.1) is 0 Å². The Bertz CT molecular complexity index is 1080. The van der Waals surface area contributed by atoms with Crippen LogP contribution >= 0.6 is 69.6 Å². The third-order valence-corrected chi connectivity index (χ3v) is 9.92. The SMILES string of the molecule is C/C(=C1C(S(=O)C(Cl)(Cl)Cl)=C(S(=O)C(Cl)(Cl)Cl)C/1=C(\C)c1ccccc1)c1ccccc1. The summed E-state index contributed by atoms with van der Waals surface area (Å²) >= 11 is 36.0. The van der Waals surface area contributed by atoms with Gasteiger partial charge in [-0.3, -0.25) is 0 Å². The quantitative estimate of drug-likeness (QED) is 0.337. The number of hydrogen-bond donors (Lipinski definition) is 0. The van der Waals surface area contributed by atoms with E-state index in [9.17, 15) is 8.42 Å². The van der Waals surface area contributed by atoms with E-state index in [1.165, 1.54) is 0 Å². The van der Waals surface area contributed by atoms with Crippen molar-refractivity contribution in [2.45, 2.75) is 20.1 Å². The highest BCUT2D eigenvalue weighted by Crippen LogP contribution is 2.56. The van der Waals surface area contributed by atoms with Gasteiger partial charge in [0.15, 0.2) is 0 Å². The van der Waals surface area contributed by atoms with Gasteiger partial charge in [0.2, 0.25) is 0 Å². The molecule has 1 aliphatic rings. The van der Waals surface area contributed by atoms with Gasteiger partial charge in [-0.15, -0.1) is 0 Å². The van der Waals surface area contributed by atoms with E-state index < -0.39 is 27.8 Å². The van der Waals surface area contributed by atoms with Gasteiger partial charge in [-0.05, 0) is 36.1 Å². The minimum Gasteiger partial charge on any atom is -0.250 e. The van der Waals surface area contributed by atoms with Crippen molar-refractivity contribution in [3.05, 3.63) is 92.7 Å². The average molecular weight is 589 g/mol. The first-order valence-electron chi connectivity index (χ1n) is 9.11. The fourth-order valence-electron chi connectivity index (χ4n) is 3.36. The molecule has 2 aromatic rings. The van der Waals surface area contributed by atoms with Crippen molar-refractivity contribution in [3.8, 4) is 0 Å². The average Bonchev–Trinajstić information content (AvgIpc) is 2.72. The fraction of sp³-hybridized carbons (Fsp3) is 0.182. The normalized spacial score (nSPS) is 19.9. The Kier molecular flexibility index (Phi) is 8.33. The monoisotopic (exact) mass is 586 g/mol. The van der Waals surface area contributed by atoms with E-state index in [0.29, 0.717) is 11.1 Å². The highest BCUT2D eigenvalue weighted by atomic mass is 35.6. The number of benzene rings is 2. The second-order valence-corrected chi connectivity index (χ2v) is 15.8. The Hall–Kier alpha value is -0.300. The van der Waals surface area contributed by atoms with Crippen LogP contribution in [0.2, 0.25) is 0 Å². The Labute approximate surface area is 222 Å². The lowest BCUT2D eigenvalue weighted by atomic mass is 9.83. The zero-order valence-electron chi connectivity index (χ0n) is 16.7. The molecule has 1 aliphatic carbocycles. The van der Waals surface area contributed by atoms with Crippen LogP contribution in [-0.2, 0) is 21.6 Å². The second-order valence-electron chi connectivity index (χ2n) is 6.82. The molecule has 0 saturated heterocycles. The molecule has 0 bridgehead atoms. The molecule has 170 valence electrons. The first kappa shape index (κ1) is 26.3. The largest absolute Gasteiger partial charge is 0.270 e. The predicted octanol–water partition coefficient (Wildman–Crippen LogP) is 8.31. The smallest absolute Gasteiger partial charge is 0.250 e. The lowest BCUT2D eigenvalue weighted by molar-refractivity contribution is 0.683. The molecule has 3 rings (SSSR count). The molecule has 0 aromatic heterocycles. The third-order valence-electron chi connectivity index (χ3n) is 4.87. The van der Waals surface area contributed by atoms with Gasteiger partial charge >= 0.3 is 0 Å². The van der Waals surface area contributed by atoms with Crippen molar-refractivity contribution >= 4 is 102 Å². The molecule has 0 saturated carbocycles. The second kappa shape index (κ2) is 10.1. The summed E-state index contributed by atoms with van der Waals surface area (Å²) in [5, 5.41) is 0. The molecule has 0 spiro atoms. The Balaban J connectivity index is 2.44. The lowest BCUT2D eigenvalue weighted by Gasteiger charge is -2.35. The van der Waals surface area contributed by atoms with E-state index in [0.717, 1.165) is 22.3 Å². The molecule has 0 fully saturated rings. The van der Waals surface area contributed by atoms with Crippen LogP contribution in [0.3, 0.4) is 0 Å². The minimum atomic E-state index is -2.18. The zero-order valence-corrected chi connectivity index (χ0v) is 22.8. The van der Waals surface area contributed by atoms with Crippen LogP contribution < -0.4 is 0 Å². The number of halogens is 6. The van der Waals surface area contributed by atoms with E-state index in [1.807, 2.05) is 74.5 Å². The predicted molar refractivity (Wildman–Crippen MR) is 142 cm³/mol. The molecule has 0 aliphatic heterocycles. The fourth-order valence-corrected chi connectivity index (χ4v) is 7.09. The summed E-state index contributed by atoms with van der Waals surface area (Å²) in [4.78, 5) is 0.197. The van der Waals surface area contributed by atoms with Gasteiger partial charge in [0.25, 0.3) is 6.25 Å². The third kappa shape index (κ3) is 5.34. The Morgan fingerprint density at radius 3 is 1.12 bits per heavy atom. The van der Waals surface area contributed by atoms with E-state index >= 15 is 0 Å². The van der Waals surface area contributed by atoms with Crippen LogP contribution in [0.4, 0.5) is 0 Å². The zero-order chi connectivity index (χ0) is 23.8. The molecule has 0 amide bonds. The van der Waals surface area contributed by atoms with E-state index in [4.69, 9.17) is 69.6 Å². The number of allylic oxidation sites excluding steroid dienone is 4. The molecule has 2 unspecified atom stereocenters. The summed E-state index contributed by atoms with van der Waals surface area (Å²) in [6, 6.07) is 18.9. The van der Waals surface area contributed by atoms with Gasteiger partial charge < -0.3 is 0 Å². The topological polar surface area (TPSA) is 34.1 Å². The van der Waals surface area contributed by atoms with Gasteiger partial charge in [0.05, 0.1) is 9.81 Å². The van der Waals surface area contributed by atoms with Crippen LogP contribution in [0.1, 0.15) is 25.0 Å². The molecule has 0 heterocycles. The van der Waals surface area contributed by atoms with Crippen molar-refractivity contribution < 1.29 is 8.42 Å². The molecule has 32 heavy (non-hydrogen) atoms. The highest BCUT2D eigenvalue weighted by Gasteiger charge is 2.49. The van der Waals surface area contributed by atoms with Gasteiger partial charge in [0, 0.05) is 11.1 Å². The molecular formula is C22H16Cl6O2S2. The molecule has 0 radical (unpaired) electrons. The Morgan fingerprint density at radius 2 is 0.875 bits per heavy atom. The van der Waals surface area contributed by atoms with E-state index in [1.54, 1.807) is 0 Å². The number of alkyl halides is 6. The highest BCUT2D eigenvalue weighted by molar-refractivity contribution is 7.99. The first-order chi connectivity index (χ1) is 14.9. The van der Waals surface area contributed by atoms with Crippen LogP contribution in [0.25, 0.3) is 11.1 Å². The molecule has 2 nitrogen and oxygen atoms in total. The van der Waals surface area contributed by atoms with Gasteiger partial charge in [0.1, 0.15) is 21.6 Å². The summed E-state index contributed by atoms with van der Waals surface area (Å²) in [6.07, 6.45) is 0. The van der Waals surface area contributed by atoms with Crippen molar-refractivity contribution in [2.75, 3.05) is 0 Å². The molecule has 0 N–H and O–H groups in total. The summed E-state index contributed by atoms with van der Waals surface area (Å²) in [7, 11) is -4.37. The van der Waals surface area contributed by atoms with Crippen molar-refractivity contribution in [1.29, 1.82) is 0 Å². The molecular weight excluding hydrogens is 573 g/mol. The van der Waals surface area contributed by atoms with E-state index in [-0.39, 0.29) is 9.81 Å². The number of hydrogen-bond acceptors (Lipinski definition) is 2. The van der Waals surface area contributed by atoms with Gasteiger partial charge in [-0.2, -0.15) is 0 Å². The van der Waals surface area contributed by atoms with Crippen molar-refractivity contribution in [2.24, 2.45) is 0 Å². The summed E-state index contributed by atoms with van der Waals surface area (Å²) in [5.41, 5.74) is 4.36. The van der Waals surface area contributed by atoms with Crippen LogP contribution in [0.15, 0.2) is 81.6 Å². The number of rotatable bonds is 4. The lowest BCUT2D eigenvalue weighted by Crippen LogP contribution is -2.30. The first-order valence-corrected chi connectivity index (χ1v) is 13.7. The standard InChI is InChI=1S/C22H16Cl6O2S2/c1-13(15-9-5-3-6-10-15)17-18(14(2)16-11-7-4-8-12-16)20(32(30)22(26,27)28)19(17)31(29)21(23,24)25/h3-12H,1-2H3/b17-13-,18-14+. The maximum Gasteiger partial charge on any atom is 0.270 e. The summed E-state index contributed by atoms with van der Waals surface area (Å²) in [6.45, 7) is 3.71.